The molecule has 0 spiro atoms. The smallest absolute Gasteiger partial charge is 0.0817 e. The number of nitrogens with zero attached hydrogens (tertiary/aromatic N) is 1. The van der Waals surface area contributed by atoms with Crippen molar-refractivity contribution < 1.29 is 5.11 Å². The van der Waals surface area contributed by atoms with Crippen molar-refractivity contribution in [2.45, 2.75) is 19.4 Å². The average molecular weight is 334 g/mol. The van der Waals surface area contributed by atoms with Gasteiger partial charge in [-0.25, -0.2) is 0 Å². The Kier molecular flexibility index (Phi) is 5.62. The van der Waals surface area contributed by atoms with E-state index in [1.807, 2.05) is 42.5 Å². The van der Waals surface area contributed by atoms with Gasteiger partial charge in [-0.1, -0.05) is 52.3 Å². The molecule has 1 unspecified atom stereocenters. The van der Waals surface area contributed by atoms with Crippen LogP contribution in [0.1, 0.15) is 25.0 Å². The molecule has 2 aromatic rings. The first kappa shape index (κ1) is 15.1. The van der Waals surface area contributed by atoms with Gasteiger partial charge in [-0.2, -0.15) is 0 Å². The second-order valence-electron chi connectivity index (χ2n) is 4.74. The normalized spacial score (nSPS) is 12.2. The average Bonchev–Trinajstić information content (AvgIpc) is 2.49. The summed E-state index contributed by atoms with van der Waals surface area (Å²) in [6.07, 6.45) is 0.272. The lowest BCUT2D eigenvalue weighted by Crippen LogP contribution is -2.25. The number of para-hydroxylation sites is 1. The summed E-state index contributed by atoms with van der Waals surface area (Å²) < 4.78 is 0.968. The van der Waals surface area contributed by atoms with Gasteiger partial charge in [0.1, 0.15) is 0 Å². The predicted molar refractivity (Wildman–Crippen MR) is 88.0 cm³/mol. The summed E-state index contributed by atoms with van der Waals surface area (Å²) in [7, 11) is 0. The van der Waals surface area contributed by atoms with Crippen molar-refractivity contribution in [3.05, 3.63) is 64.6 Å². The minimum absolute atomic E-state index is 0.441. The largest absolute Gasteiger partial charge is 0.388 e. The highest BCUT2D eigenvalue weighted by Gasteiger charge is 2.12. The predicted octanol–water partition coefficient (Wildman–Crippen LogP) is 4.40. The molecule has 0 saturated heterocycles. The molecular formula is C17H20BrNO. The van der Waals surface area contributed by atoms with Gasteiger partial charge >= 0.3 is 0 Å². The van der Waals surface area contributed by atoms with E-state index in [0.717, 1.165) is 23.1 Å². The van der Waals surface area contributed by atoms with Crippen molar-refractivity contribution >= 4 is 21.6 Å². The van der Waals surface area contributed by atoms with Gasteiger partial charge in [0.15, 0.2) is 0 Å². The molecule has 2 aromatic carbocycles. The summed E-state index contributed by atoms with van der Waals surface area (Å²) in [5.41, 5.74) is 2.16. The first-order valence-corrected chi connectivity index (χ1v) is 7.74. The van der Waals surface area contributed by atoms with Gasteiger partial charge in [0.2, 0.25) is 0 Å². The molecule has 1 N–H and O–H groups in total. The van der Waals surface area contributed by atoms with Gasteiger partial charge in [-0.3, -0.25) is 0 Å². The molecule has 2 rings (SSSR count). The maximum absolute atomic E-state index is 10.3. The lowest BCUT2D eigenvalue weighted by atomic mass is 10.1. The van der Waals surface area contributed by atoms with Gasteiger partial charge in [0, 0.05) is 23.2 Å². The third kappa shape index (κ3) is 3.84. The second-order valence-corrected chi connectivity index (χ2v) is 5.60. The van der Waals surface area contributed by atoms with Gasteiger partial charge in [0.25, 0.3) is 0 Å². The van der Waals surface area contributed by atoms with E-state index in [0.29, 0.717) is 6.42 Å². The number of aliphatic hydroxyl groups is 1. The van der Waals surface area contributed by atoms with Crippen LogP contribution in [0.15, 0.2) is 59.1 Å². The maximum Gasteiger partial charge on any atom is 0.0817 e. The maximum atomic E-state index is 10.3. The van der Waals surface area contributed by atoms with E-state index in [1.165, 1.54) is 5.69 Å². The third-order valence-corrected chi connectivity index (χ3v) is 4.16. The molecule has 0 bridgehead atoms. The summed E-state index contributed by atoms with van der Waals surface area (Å²) in [6.45, 7) is 3.91. The Morgan fingerprint density at radius 2 is 1.70 bits per heavy atom. The van der Waals surface area contributed by atoms with Crippen molar-refractivity contribution in [1.82, 2.24) is 0 Å². The van der Waals surface area contributed by atoms with Crippen molar-refractivity contribution in [2.75, 3.05) is 18.0 Å². The summed E-state index contributed by atoms with van der Waals surface area (Å²) in [5, 5.41) is 10.3. The van der Waals surface area contributed by atoms with Gasteiger partial charge < -0.3 is 10.0 Å². The standard InChI is InChI=1S/C17H20BrNO/c1-2-19(14-8-4-3-5-9-14)13-12-17(20)15-10-6-7-11-16(15)18/h3-11,17,20H,2,12-13H2,1H3. The highest BCUT2D eigenvalue weighted by Crippen LogP contribution is 2.26. The Labute approximate surface area is 129 Å². The van der Waals surface area contributed by atoms with Crippen molar-refractivity contribution in [3.63, 3.8) is 0 Å². The van der Waals surface area contributed by atoms with E-state index >= 15 is 0 Å². The minimum Gasteiger partial charge on any atom is -0.388 e. The molecule has 3 heteroatoms. The van der Waals surface area contributed by atoms with E-state index < -0.39 is 6.10 Å². The molecule has 20 heavy (non-hydrogen) atoms. The van der Waals surface area contributed by atoms with Crippen LogP contribution in [-0.4, -0.2) is 18.2 Å². The van der Waals surface area contributed by atoms with Crippen LogP contribution in [-0.2, 0) is 0 Å². The number of hydrogen-bond acceptors (Lipinski definition) is 2. The SMILES string of the molecule is CCN(CCC(O)c1ccccc1Br)c1ccccc1. The fourth-order valence-electron chi connectivity index (χ4n) is 2.29. The lowest BCUT2D eigenvalue weighted by Gasteiger charge is -2.24. The Morgan fingerprint density at radius 3 is 2.35 bits per heavy atom. The van der Waals surface area contributed by atoms with Crippen molar-refractivity contribution in [3.8, 4) is 0 Å². The van der Waals surface area contributed by atoms with E-state index in [1.54, 1.807) is 0 Å². The first-order chi connectivity index (χ1) is 9.72. The molecule has 2 nitrogen and oxygen atoms in total. The van der Waals surface area contributed by atoms with Gasteiger partial charge in [0.05, 0.1) is 6.10 Å². The van der Waals surface area contributed by atoms with E-state index in [4.69, 9.17) is 0 Å². The molecule has 0 heterocycles. The monoisotopic (exact) mass is 333 g/mol. The van der Waals surface area contributed by atoms with Crippen LogP contribution in [0.3, 0.4) is 0 Å². The zero-order valence-electron chi connectivity index (χ0n) is 11.7. The number of hydrogen-bond donors (Lipinski definition) is 1. The molecular weight excluding hydrogens is 314 g/mol. The van der Waals surface area contributed by atoms with Gasteiger partial charge in [-0.15, -0.1) is 0 Å². The lowest BCUT2D eigenvalue weighted by molar-refractivity contribution is 0.168. The highest BCUT2D eigenvalue weighted by molar-refractivity contribution is 9.10. The first-order valence-electron chi connectivity index (χ1n) is 6.95. The molecule has 0 amide bonds. The quantitative estimate of drug-likeness (QED) is 0.846. The number of aliphatic hydroxyl groups excluding tert-OH is 1. The molecule has 0 fully saturated rings. The summed E-state index contributed by atoms with van der Waals surface area (Å²) in [5.74, 6) is 0. The van der Waals surface area contributed by atoms with Gasteiger partial charge in [-0.05, 0) is 37.1 Å². The fourth-order valence-corrected chi connectivity index (χ4v) is 2.84. The minimum atomic E-state index is -0.441. The molecule has 0 aliphatic rings. The van der Waals surface area contributed by atoms with Crippen LogP contribution >= 0.6 is 15.9 Å². The second kappa shape index (κ2) is 7.46. The van der Waals surface area contributed by atoms with Crippen LogP contribution in [0, 0.1) is 0 Å². The zero-order valence-corrected chi connectivity index (χ0v) is 13.3. The molecule has 0 aromatic heterocycles. The Balaban J connectivity index is 1.99. The topological polar surface area (TPSA) is 23.5 Å². The van der Waals surface area contributed by atoms with Crippen LogP contribution in [0.4, 0.5) is 5.69 Å². The van der Waals surface area contributed by atoms with Crippen LogP contribution in [0.2, 0.25) is 0 Å². The molecule has 0 aliphatic heterocycles. The number of benzene rings is 2. The summed E-state index contributed by atoms with van der Waals surface area (Å²) >= 11 is 3.49. The molecule has 0 radical (unpaired) electrons. The van der Waals surface area contributed by atoms with E-state index in [-0.39, 0.29) is 0 Å². The molecule has 106 valence electrons. The van der Waals surface area contributed by atoms with Crippen molar-refractivity contribution in [1.29, 1.82) is 0 Å². The summed E-state index contributed by atoms with van der Waals surface area (Å²) in [4.78, 5) is 2.28. The zero-order chi connectivity index (χ0) is 14.4. The Bertz CT molecular complexity index is 530. The molecule has 1 atom stereocenters. The van der Waals surface area contributed by atoms with Crippen LogP contribution < -0.4 is 4.90 Å². The highest BCUT2D eigenvalue weighted by atomic mass is 79.9. The fraction of sp³-hybridized carbons (Fsp3) is 0.294. The van der Waals surface area contributed by atoms with E-state index in [2.05, 4.69) is 39.9 Å². The molecule has 0 saturated carbocycles. The molecule has 0 aliphatic carbocycles. The Morgan fingerprint density at radius 1 is 1.05 bits per heavy atom. The van der Waals surface area contributed by atoms with Crippen LogP contribution in [0.25, 0.3) is 0 Å². The number of rotatable bonds is 6. The third-order valence-electron chi connectivity index (χ3n) is 3.44. The van der Waals surface area contributed by atoms with Crippen molar-refractivity contribution in [2.24, 2.45) is 0 Å². The Hall–Kier alpha value is -1.32. The summed E-state index contributed by atoms with van der Waals surface area (Å²) in [6, 6.07) is 18.2. The van der Waals surface area contributed by atoms with E-state index in [9.17, 15) is 5.11 Å². The number of anilines is 1. The van der Waals surface area contributed by atoms with Crippen LogP contribution in [0.5, 0.6) is 0 Å². The number of halogens is 1.